The number of benzene rings is 1. The zero-order valence-corrected chi connectivity index (χ0v) is 13.7. The van der Waals surface area contributed by atoms with Crippen molar-refractivity contribution in [2.24, 2.45) is 0 Å². The van der Waals surface area contributed by atoms with Crippen LogP contribution in [0.5, 0.6) is 5.75 Å². The second-order valence-electron chi connectivity index (χ2n) is 6.47. The Morgan fingerprint density at radius 3 is 2.79 bits per heavy atom. The van der Waals surface area contributed by atoms with Gasteiger partial charge in [0.1, 0.15) is 23.7 Å². The van der Waals surface area contributed by atoms with E-state index in [1.54, 1.807) is 0 Å². The van der Waals surface area contributed by atoms with Gasteiger partial charge in [-0.25, -0.2) is 4.39 Å². The predicted molar refractivity (Wildman–Crippen MR) is 86.1 cm³/mol. The molecule has 2 aliphatic rings. The first-order valence-electron chi connectivity index (χ1n) is 7.77. The zero-order valence-electron chi connectivity index (χ0n) is 13.7. The topological polar surface area (TPSA) is 82.6 Å². The summed E-state index contributed by atoms with van der Waals surface area (Å²) >= 11 is 0. The number of hydrogen-bond donors (Lipinski definition) is 0. The third-order valence-electron chi connectivity index (χ3n) is 5.12. The Morgan fingerprint density at radius 2 is 2.21 bits per heavy atom. The number of piperidine rings is 1. The Hall–Kier alpha value is -2.40. The van der Waals surface area contributed by atoms with Gasteiger partial charge in [-0.1, -0.05) is 0 Å². The van der Waals surface area contributed by atoms with Crippen LogP contribution in [0.2, 0.25) is 0 Å². The normalized spacial score (nSPS) is 22.8. The van der Waals surface area contributed by atoms with Crippen LogP contribution in [0.15, 0.2) is 12.1 Å². The molecule has 3 rings (SSSR count). The molecule has 0 radical (unpaired) electrons. The third-order valence-corrected chi connectivity index (χ3v) is 5.12. The second kappa shape index (κ2) is 5.91. The molecule has 2 saturated heterocycles. The molecule has 8 heteroatoms. The summed E-state index contributed by atoms with van der Waals surface area (Å²) in [5.41, 5.74) is -0.103. The smallest absolute Gasteiger partial charge is 0.289 e. The van der Waals surface area contributed by atoms with Crippen LogP contribution in [0, 0.1) is 21.4 Å². The van der Waals surface area contributed by atoms with Crippen molar-refractivity contribution in [3.8, 4) is 11.8 Å². The molecule has 0 N–H and O–H groups in total. The molecule has 0 aliphatic carbocycles. The molecule has 0 amide bonds. The molecule has 1 aromatic rings. The van der Waals surface area contributed by atoms with E-state index in [-0.39, 0.29) is 16.8 Å². The Bertz CT molecular complexity index is 712. The highest BCUT2D eigenvalue weighted by atomic mass is 19.1. The molecular weight excluding hydrogens is 315 g/mol. The first-order chi connectivity index (χ1) is 11.4. The second-order valence-corrected chi connectivity index (χ2v) is 6.47. The molecule has 1 atom stereocenters. The molecule has 0 bridgehead atoms. The minimum Gasteiger partial charge on any atom is -0.495 e. The van der Waals surface area contributed by atoms with Gasteiger partial charge in [-0.2, -0.15) is 5.26 Å². The molecule has 128 valence electrons. The lowest BCUT2D eigenvalue weighted by Crippen LogP contribution is -2.72. The predicted octanol–water partition coefficient (Wildman–Crippen LogP) is 2.10. The van der Waals surface area contributed by atoms with Crippen LogP contribution >= 0.6 is 0 Å². The quantitative estimate of drug-likeness (QED) is 0.622. The minimum absolute atomic E-state index is 0.00976. The molecular formula is C16H19FN4O3. The fraction of sp³-hybridized carbons (Fsp3) is 0.562. The maximum atomic E-state index is 13.9. The van der Waals surface area contributed by atoms with Gasteiger partial charge in [0.05, 0.1) is 17.6 Å². The van der Waals surface area contributed by atoms with Gasteiger partial charge >= 0.3 is 0 Å². The van der Waals surface area contributed by atoms with Crippen molar-refractivity contribution in [2.75, 3.05) is 38.7 Å². The number of ether oxygens (including phenoxy) is 1. The van der Waals surface area contributed by atoms with E-state index in [9.17, 15) is 19.8 Å². The van der Waals surface area contributed by atoms with Gasteiger partial charge in [0.15, 0.2) is 5.56 Å². The van der Waals surface area contributed by atoms with Crippen molar-refractivity contribution in [3.63, 3.8) is 0 Å². The Morgan fingerprint density at radius 1 is 1.50 bits per heavy atom. The summed E-state index contributed by atoms with van der Waals surface area (Å²) in [5.74, 6) is 0.419. The largest absolute Gasteiger partial charge is 0.495 e. The van der Waals surface area contributed by atoms with Crippen molar-refractivity contribution in [3.05, 3.63) is 27.8 Å². The van der Waals surface area contributed by atoms with E-state index in [4.69, 9.17) is 4.74 Å². The number of rotatable bonds is 3. The van der Waals surface area contributed by atoms with Crippen LogP contribution in [-0.4, -0.2) is 55.3 Å². The molecule has 1 unspecified atom stereocenters. The highest BCUT2D eigenvalue weighted by molar-refractivity contribution is 5.76. The van der Waals surface area contributed by atoms with Crippen LogP contribution in [0.3, 0.4) is 0 Å². The number of likely N-dealkylation sites (tertiary alicyclic amines) is 1. The molecule has 2 heterocycles. The number of nitro benzene ring substituents is 1. The SMILES string of the molecule is COc1ccc([N+](=O)[O-])c(C#N)c1N1CC2(CC(F)CCN2C)C1. The van der Waals surface area contributed by atoms with E-state index in [0.717, 1.165) is 0 Å². The number of nitriles is 1. The lowest BCUT2D eigenvalue weighted by molar-refractivity contribution is -0.385. The van der Waals surface area contributed by atoms with E-state index >= 15 is 0 Å². The van der Waals surface area contributed by atoms with Crippen molar-refractivity contribution >= 4 is 11.4 Å². The van der Waals surface area contributed by atoms with Crippen LogP contribution in [0.25, 0.3) is 0 Å². The average Bonchev–Trinajstić information content (AvgIpc) is 2.53. The highest BCUT2D eigenvalue weighted by Crippen LogP contribution is 2.45. The summed E-state index contributed by atoms with van der Waals surface area (Å²) in [6.45, 7) is 1.73. The van der Waals surface area contributed by atoms with Gasteiger partial charge < -0.3 is 9.64 Å². The summed E-state index contributed by atoms with van der Waals surface area (Å²) in [6, 6.07) is 4.71. The van der Waals surface area contributed by atoms with E-state index in [1.807, 2.05) is 18.0 Å². The van der Waals surface area contributed by atoms with Crippen molar-refractivity contribution < 1.29 is 14.1 Å². The van der Waals surface area contributed by atoms with Crippen LogP contribution in [0.4, 0.5) is 15.8 Å². The van der Waals surface area contributed by atoms with E-state index in [0.29, 0.717) is 43.9 Å². The van der Waals surface area contributed by atoms with Crippen molar-refractivity contribution in [1.29, 1.82) is 5.26 Å². The molecule has 1 spiro atoms. The van der Waals surface area contributed by atoms with Gasteiger partial charge in [0.2, 0.25) is 0 Å². The van der Waals surface area contributed by atoms with Gasteiger partial charge in [-0.15, -0.1) is 0 Å². The minimum atomic E-state index is -0.828. The highest BCUT2D eigenvalue weighted by Gasteiger charge is 2.51. The summed E-state index contributed by atoms with van der Waals surface area (Å²) in [5, 5.41) is 20.6. The monoisotopic (exact) mass is 334 g/mol. The standard InChI is InChI=1S/C16H19FN4O3/c1-19-6-5-11(17)7-16(19)9-20(10-16)15-12(8-18)13(21(22)23)3-4-14(15)24-2/h3-4,11H,5-7,9-10H2,1-2H3. The number of anilines is 1. The number of nitro groups is 1. The fourth-order valence-corrected chi connectivity index (χ4v) is 3.74. The Kier molecular flexibility index (Phi) is 4.05. The molecule has 2 fully saturated rings. The van der Waals surface area contributed by atoms with Crippen LogP contribution in [-0.2, 0) is 0 Å². The number of alkyl halides is 1. The zero-order chi connectivity index (χ0) is 17.5. The lowest BCUT2D eigenvalue weighted by atomic mass is 9.78. The molecule has 2 aliphatic heterocycles. The molecule has 7 nitrogen and oxygen atoms in total. The number of hydrogen-bond acceptors (Lipinski definition) is 6. The maximum Gasteiger partial charge on any atom is 0.289 e. The van der Waals surface area contributed by atoms with E-state index in [1.165, 1.54) is 19.2 Å². The summed E-state index contributed by atoms with van der Waals surface area (Å²) < 4.78 is 19.2. The van der Waals surface area contributed by atoms with Crippen molar-refractivity contribution in [1.82, 2.24) is 4.90 Å². The first-order valence-corrected chi connectivity index (χ1v) is 7.77. The van der Waals surface area contributed by atoms with Gasteiger partial charge in [-0.3, -0.25) is 15.0 Å². The van der Waals surface area contributed by atoms with Gasteiger partial charge in [0.25, 0.3) is 5.69 Å². The molecule has 24 heavy (non-hydrogen) atoms. The Labute approximate surface area is 139 Å². The number of nitrogens with zero attached hydrogens (tertiary/aromatic N) is 4. The fourth-order valence-electron chi connectivity index (χ4n) is 3.74. The average molecular weight is 334 g/mol. The van der Waals surface area contributed by atoms with Gasteiger partial charge in [-0.05, 0) is 19.5 Å². The number of likely N-dealkylation sites (N-methyl/N-ethyl adjacent to an activating group) is 1. The number of methoxy groups -OCH3 is 1. The molecule has 1 aromatic carbocycles. The van der Waals surface area contributed by atoms with E-state index < -0.39 is 11.1 Å². The summed E-state index contributed by atoms with van der Waals surface area (Å²) in [4.78, 5) is 14.6. The van der Waals surface area contributed by atoms with Crippen molar-refractivity contribution in [2.45, 2.75) is 24.6 Å². The third kappa shape index (κ3) is 2.45. The van der Waals surface area contributed by atoms with Crippen LogP contribution < -0.4 is 9.64 Å². The molecule has 0 saturated carbocycles. The van der Waals surface area contributed by atoms with Crippen LogP contribution in [0.1, 0.15) is 18.4 Å². The summed E-state index contributed by atoms with van der Waals surface area (Å²) in [7, 11) is 3.44. The maximum absolute atomic E-state index is 13.9. The number of halogens is 1. The summed E-state index contributed by atoms with van der Waals surface area (Å²) in [6.07, 6.45) is 0.145. The lowest BCUT2D eigenvalue weighted by Gasteiger charge is -2.58. The van der Waals surface area contributed by atoms with E-state index in [2.05, 4.69) is 4.90 Å². The first kappa shape index (κ1) is 16.5. The van der Waals surface area contributed by atoms with Gasteiger partial charge in [0, 0.05) is 32.1 Å². The molecule has 0 aromatic heterocycles. The Balaban J connectivity index is 1.95.